The Morgan fingerprint density at radius 2 is 1.72 bits per heavy atom. The minimum absolute atomic E-state index is 0.0159. The van der Waals surface area contributed by atoms with Crippen molar-refractivity contribution >= 4 is 11.5 Å². The molecule has 0 atom stereocenters. The highest BCUT2D eigenvalue weighted by atomic mass is 19.1. The molecule has 3 aromatic rings. The molecule has 162 valence electrons. The quantitative estimate of drug-likeness (QED) is 0.470. The predicted molar refractivity (Wildman–Crippen MR) is 122 cm³/mol. The fourth-order valence-electron chi connectivity index (χ4n) is 3.79. The van der Waals surface area contributed by atoms with Crippen molar-refractivity contribution in [2.75, 3.05) is 0 Å². The Hall–Kier alpha value is -3.73. The van der Waals surface area contributed by atoms with Crippen LogP contribution in [0.5, 0.6) is 11.5 Å². The molecular formula is C27H23F2NO2. The Morgan fingerprint density at radius 1 is 0.969 bits per heavy atom. The number of hydrogen-bond acceptors (Lipinski definition) is 2. The second kappa shape index (κ2) is 9.18. The third kappa shape index (κ3) is 4.78. The summed E-state index contributed by atoms with van der Waals surface area (Å²) in [6.07, 6.45) is 5.31. The van der Waals surface area contributed by atoms with Gasteiger partial charge in [-0.2, -0.15) is 0 Å². The minimum atomic E-state index is -0.679. The van der Waals surface area contributed by atoms with E-state index in [1.807, 2.05) is 31.2 Å². The van der Waals surface area contributed by atoms with Crippen LogP contribution < -0.4 is 10.1 Å². The lowest BCUT2D eigenvalue weighted by molar-refractivity contribution is 0.0950. The van der Waals surface area contributed by atoms with Gasteiger partial charge in [-0.15, -0.1) is 0 Å². The smallest absolute Gasteiger partial charge is 0.251 e. The average Bonchev–Trinajstić information content (AvgIpc) is 3.19. The van der Waals surface area contributed by atoms with E-state index in [0.717, 1.165) is 18.1 Å². The number of halogens is 2. The van der Waals surface area contributed by atoms with Crippen LogP contribution in [0.2, 0.25) is 0 Å². The number of hydrogen-bond donors (Lipinski definition) is 1. The van der Waals surface area contributed by atoms with E-state index >= 15 is 0 Å². The zero-order chi connectivity index (χ0) is 22.7. The monoisotopic (exact) mass is 431 g/mol. The molecule has 1 aliphatic carbocycles. The van der Waals surface area contributed by atoms with E-state index in [1.165, 1.54) is 23.3 Å². The van der Waals surface area contributed by atoms with Crippen LogP contribution in [-0.2, 0) is 6.54 Å². The molecule has 0 saturated carbocycles. The van der Waals surface area contributed by atoms with Gasteiger partial charge in [0.2, 0.25) is 0 Å². The van der Waals surface area contributed by atoms with Gasteiger partial charge in [0, 0.05) is 23.7 Å². The first-order chi connectivity index (χ1) is 15.4. The number of nitrogens with one attached hydrogen (secondary N) is 1. The minimum Gasteiger partial charge on any atom is -0.457 e. The summed E-state index contributed by atoms with van der Waals surface area (Å²) in [5.74, 6) is -0.453. The molecule has 1 amide bonds. The van der Waals surface area contributed by atoms with Gasteiger partial charge in [0.25, 0.3) is 5.91 Å². The molecule has 0 spiro atoms. The van der Waals surface area contributed by atoms with Gasteiger partial charge in [0.1, 0.15) is 23.1 Å². The number of rotatable bonds is 6. The molecule has 1 aliphatic rings. The molecule has 3 nitrogen and oxygen atoms in total. The SMILES string of the molecule is CC1=CCC=C1c1cccc(Oc2cccc(C(=O)NCc3cc(F)cc(F)c3)c2C)c1. The van der Waals surface area contributed by atoms with Crippen molar-refractivity contribution in [1.82, 2.24) is 5.32 Å². The van der Waals surface area contributed by atoms with E-state index in [2.05, 4.69) is 24.4 Å². The summed E-state index contributed by atoms with van der Waals surface area (Å²) in [4.78, 5) is 12.7. The van der Waals surface area contributed by atoms with Crippen molar-refractivity contribution in [3.8, 4) is 11.5 Å². The predicted octanol–water partition coefficient (Wildman–Crippen LogP) is 6.73. The Balaban J connectivity index is 1.50. The maximum atomic E-state index is 13.4. The molecule has 0 heterocycles. The van der Waals surface area contributed by atoms with Crippen LogP contribution >= 0.6 is 0 Å². The first kappa shape index (κ1) is 21.5. The van der Waals surface area contributed by atoms with E-state index in [4.69, 9.17) is 4.74 Å². The first-order valence-electron chi connectivity index (χ1n) is 10.4. The molecule has 0 bridgehead atoms. The number of ether oxygens (including phenoxy) is 1. The second-order valence-electron chi connectivity index (χ2n) is 7.76. The Morgan fingerprint density at radius 3 is 2.44 bits per heavy atom. The lowest BCUT2D eigenvalue weighted by Crippen LogP contribution is -2.23. The third-order valence-electron chi connectivity index (χ3n) is 5.45. The van der Waals surface area contributed by atoms with Crippen molar-refractivity contribution in [1.29, 1.82) is 0 Å². The normalized spacial score (nSPS) is 12.9. The van der Waals surface area contributed by atoms with Gasteiger partial charge in [-0.1, -0.05) is 30.4 Å². The summed E-state index contributed by atoms with van der Waals surface area (Å²) < 4.78 is 32.8. The number of carbonyl (C=O) groups excluding carboxylic acids is 1. The van der Waals surface area contributed by atoms with Crippen LogP contribution in [0.25, 0.3) is 5.57 Å². The standard InChI is InChI=1S/C27H23F2NO2/c1-17-6-3-9-24(17)20-7-4-8-23(14-20)32-26-11-5-10-25(18(26)2)27(31)30-16-19-12-21(28)15-22(29)13-19/h4-15H,3,16H2,1-2H3,(H,30,31). The Labute approximate surface area is 186 Å². The van der Waals surface area contributed by atoms with E-state index in [-0.39, 0.29) is 12.5 Å². The van der Waals surface area contributed by atoms with Crippen LogP contribution in [-0.4, -0.2) is 5.91 Å². The van der Waals surface area contributed by atoms with Crippen molar-refractivity contribution in [2.45, 2.75) is 26.8 Å². The van der Waals surface area contributed by atoms with Crippen LogP contribution in [0.3, 0.4) is 0 Å². The van der Waals surface area contributed by atoms with Gasteiger partial charge >= 0.3 is 0 Å². The summed E-state index contributed by atoms with van der Waals surface area (Å²) in [6, 6.07) is 16.3. The van der Waals surface area contributed by atoms with E-state index < -0.39 is 11.6 Å². The molecule has 0 fully saturated rings. The molecule has 5 heteroatoms. The van der Waals surface area contributed by atoms with Gasteiger partial charge in [0.05, 0.1) is 0 Å². The Bertz CT molecular complexity index is 1220. The Kier molecular flexibility index (Phi) is 6.17. The molecule has 3 aromatic carbocycles. The van der Waals surface area contributed by atoms with Crippen LogP contribution in [0.1, 0.15) is 40.4 Å². The molecule has 0 aliphatic heterocycles. The summed E-state index contributed by atoms with van der Waals surface area (Å²) in [7, 11) is 0. The molecule has 0 aromatic heterocycles. The number of carbonyl (C=O) groups is 1. The van der Waals surface area contributed by atoms with Gasteiger partial charge in [-0.25, -0.2) is 8.78 Å². The number of allylic oxidation sites excluding steroid dienone is 4. The van der Waals surface area contributed by atoms with Crippen LogP contribution in [0.4, 0.5) is 8.78 Å². The van der Waals surface area contributed by atoms with Crippen LogP contribution in [0, 0.1) is 18.6 Å². The molecule has 32 heavy (non-hydrogen) atoms. The molecule has 4 rings (SSSR count). The van der Waals surface area contributed by atoms with Crippen molar-refractivity contribution < 1.29 is 18.3 Å². The summed E-state index contributed by atoms with van der Waals surface area (Å²) >= 11 is 0. The molecule has 0 saturated heterocycles. The highest BCUT2D eigenvalue weighted by Crippen LogP contribution is 2.33. The van der Waals surface area contributed by atoms with Gasteiger partial charge in [-0.05, 0) is 78.9 Å². The molecule has 1 N–H and O–H groups in total. The maximum absolute atomic E-state index is 13.4. The molecule has 0 radical (unpaired) electrons. The maximum Gasteiger partial charge on any atom is 0.251 e. The highest BCUT2D eigenvalue weighted by Gasteiger charge is 2.14. The molecular weight excluding hydrogens is 408 g/mol. The zero-order valence-electron chi connectivity index (χ0n) is 17.9. The lowest BCUT2D eigenvalue weighted by atomic mass is 10.0. The summed E-state index contributed by atoms with van der Waals surface area (Å²) in [5, 5.41) is 2.71. The fraction of sp³-hybridized carbons (Fsp3) is 0.148. The van der Waals surface area contributed by atoms with Gasteiger partial charge in [0.15, 0.2) is 0 Å². The number of benzene rings is 3. The largest absolute Gasteiger partial charge is 0.457 e. The number of amides is 1. The van der Waals surface area contributed by atoms with E-state index in [1.54, 1.807) is 18.2 Å². The van der Waals surface area contributed by atoms with Gasteiger partial charge in [-0.3, -0.25) is 4.79 Å². The van der Waals surface area contributed by atoms with E-state index in [9.17, 15) is 13.6 Å². The average molecular weight is 431 g/mol. The zero-order valence-corrected chi connectivity index (χ0v) is 17.9. The summed E-state index contributed by atoms with van der Waals surface area (Å²) in [6.45, 7) is 3.92. The second-order valence-corrected chi connectivity index (χ2v) is 7.76. The van der Waals surface area contributed by atoms with Gasteiger partial charge < -0.3 is 10.1 Å². The lowest BCUT2D eigenvalue weighted by Gasteiger charge is -2.14. The first-order valence-corrected chi connectivity index (χ1v) is 10.4. The third-order valence-corrected chi connectivity index (χ3v) is 5.45. The summed E-state index contributed by atoms with van der Waals surface area (Å²) in [5.41, 5.74) is 5.00. The molecule has 0 unspecified atom stereocenters. The fourth-order valence-corrected chi connectivity index (χ4v) is 3.79. The van der Waals surface area contributed by atoms with Crippen molar-refractivity contribution in [3.05, 3.63) is 112 Å². The van der Waals surface area contributed by atoms with Crippen molar-refractivity contribution in [2.24, 2.45) is 0 Å². The van der Waals surface area contributed by atoms with E-state index in [0.29, 0.717) is 28.2 Å². The highest BCUT2D eigenvalue weighted by molar-refractivity contribution is 5.96. The van der Waals surface area contributed by atoms with Crippen LogP contribution in [0.15, 0.2) is 78.4 Å². The topological polar surface area (TPSA) is 38.3 Å². The van der Waals surface area contributed by atoms with Crippen molar-refractivity contribution in [3.63, 3.8) is 0 Å².